The van der Waals surface area contributed by atoms with Crippen molar-refractivity contribution in [3.8, 4) is 5.75 Å². The summed E-state index contributed by atoms with van der Waals surface area (Å²) in [6, 6.07) is 2.10. The Labute approximate surface area is 123 Å². The molecule has 3 heteroatoms. The van der Waals surface area contributed by atoms with E-state index in [2.05, 4.69) is 22.0 Å². The second-order valence-corrected chi connectivity index (χ2v) is 7.00. The number of phenolic OH excluding ortho intramolecular Hbond substituents is 1. The van der Waals surface area contributed by atoms with Crippen LogP contribution in [-0.4, -0.2) is 5.11 Å². The molecule has 0 aromatic heterocycles. The molecule has 0 spiro atoms. The minimum absolute atomic E-state index is 0.312. The second-order valence-electron chi connectivity index (χ2n) is 6.14. The number of nitrogens with two attached hydrogens (primary N) is 1. The highest BCUT2D eigenvalue weighted by Gasteiger charge is 2.36. The zero-order valence-electron chi connectivity index (χ0n) is 11.3. The van der Waals surface area contributed by atoms with Crippen molar-refractivity contribution < 1.29 is 5.11 Å². The van der Waals surface area contributed by atoms with E-state index in [4.69, 9.17) is 5.73 Å². The molecular formula is C16H22BrNO. The van der Waals surface area contributed by atoms with Gasteiger partial charge in [0.25, 0.3) is 0 Å². The van der Waals surface area contributed by atoms with Crippen LogP contribution in [0.5, 0.6) is 5.75 Å². The molecule has 1 saturated carbocycles. The van der Waals surface area contributed by atoms with Crippen molar-refractivity contribution in [2.24, 2.45) is 5.73 Å². The molecule has 2 aliphatic rings. The van der Waals surface area contributed by atoms with E-state index in [9.17, 15) is 5.11 Å². The molecule has 0 aliphatic heterocycles. The maximum Gasteiger partial charge on any atom is 0.135 e. The van der Waals surface area contributed by atoms with Gasteiger partial charge in [0.05, 0.1) is 4.47 Å². The average Bonchev–Trinajstić information content (AvgIpc) is 2.40. The number of halogens is 1. The molecule has 19 heavy (non-hydrogen) atoms. The van der Waals surface area contributed by atoms with Crippen molar-refractivity contribution in [1.82, 2.24) is 0 Å². The third-order valence-electron chi connectivity index (χ3n) is 4.82. The molecule has 2 aliphatic carbocycles. The monoisotopic (exact) mass is 323 g/mol. The number of fused-ring (bicyclic) bond motifs is 1. The third-order valence-corrected chi connectivity index (χ3v) is 5.42. The topological polar surface area (TPSA) is 46.2 Å². The van der Waals surface area contributed by atoms with Crippen molar-refractivity contribution in [2.75, 3.05) is 0 Å². The first-order chi connectivity index (χ1) is 9.12. The van der Waals surface area contributed by atoms with Gasteiger partial charge in [0.2, 0.25) is 0 Å². The average molecular weight is 324 g/mol. The summed E-state index contributed by atoms with van der Waals surface area (Å²) in [5, 5.41) is 10.5. The summed E-state index contributed by atoms with van der Waals surface area (Å²) in [7, 11) is 0. The molecule has 104 valence electrons. The number of aryl methyl sites for hydroxylation is 1. The number of hydrogen-bond donors (Lipinski definition) is 2. The molecule has 0 atom stereocenters. The minimum atomic E-state index is -0.312. The van der Waals surface area contributed by atoms with Crippen LogP contribution in [-0.2, 0) is 18.4 Å². The standard InChI is InChI=1S/C16H22BrNO/c17-13-10-11-6-2-3-7-12(11)14(15(13)19)16(18)8-4-1-5-9-16/h10,19H,1-9,18H2. The van der Waals surface area contributed by atoms with Gasteiger partial charge in [-0.15, -0.1) is 0 Å². The van der Waals surface area contributed by atoms with Gasteiger partial charge >= 0.3 is 0 Å². The predicted molar refractivity (Wildman–Crippen MR) is 81.4 cm³/mol. The van der Waals surface area contributed by atoms with Gasteiger partial charge in [-0.1, -0.05) is 19.3 Å². The van der Waals surface area contributed by atoms with E-state index in [1.807, 2.05) is 0 Å². The first kappa shape index (κ1) is 13.4. The molecule has 3 N–H and O–H groups in total. The van der Waals surface area contributed by atoms with Crippen molar-refractivity contribution in [2.45, 2.75) is 63.3 Å². The quantitative estimate of drug-likeness (QED) is 0.815. The van der Waals surface area contributed by atoms with Gasteiger partial charge in [0.15, 0.2) is 0 Å². The number of hydrogen-bond acceptors (Lipinski definition) is 2. The van der Waals surface area contributed by atoms with Crippen molar-refractivity contribution in [3.63, 3.8) is 0 Å². The summed E-state index contributed by atoms with van der Waals surface area (Å²) in [6.45, 7) is 0. The number of benzene rings is 1. The molecule has 3 rings (SSSR count). The van der Waals surface area contributed by atoms with E-state index < -0.39 is 0 Å². The maximum atomic E-state index is 10.5. The normalized spacial score (nSPS) is 22.0. The van der Waals surface area contributed by atoms with E-state index >= 15 is 0 Å². The lowest BCUT2D eigenvalue weighted by Crippen LogP contribution is -2.40. The van der Waals surface area contributed by atoms with Crippen LogP contribution in [0.15, 0.2) is 10.5 Å². The van der Waals surface area contributed by atoms with Gasteiger partial charge in [-0.05, 0) is 71.6 Å². The van der Waals surface area contributed by atoms with Gasteiger partial charge in [-0.2, -0.15) is 0 Å². The van der Waals surface area contributed by atoms with E-state index in [0.29, 0.717) is 5.75 Å². The van der Waals surface area contributed by atoms with Crippen LogP contribution in [0.4, 0.5) is 0 Å². The number of phenols is 1. The van der Waals surface area contributed by atoms with E-state index in [1.165, 1.54) is 43.2 Å². The van der Waals surface area contributed by atoms with Crippen LogP contribution >= 0.6 is 15.9 Å². The van der Waals surface area contributed by atoms with Crippen molar-refractivity contribution in [1.29, 1.82) is 0 Å². The Balaban J connectivity index is 2.15. The van der Waals surface area contributed by atoms with Crippen LogP contribution in [0, 0.1) is 0 Å². The lowest BCUT2D eigenvalue weighted by atomic mass is 9.72. The summed E-state index contributed by atoms with van der Waals surface area (Å²) >= 11 is 3.51. The molecule has 1 aromatic carbocycles. The molecule has 0 heterocycles. The van der Waals surface area contributed by atoms with Crippen molar-refractivity contribution >= 4 is 15.9 Å². The Morgan fingerprint density at radius 2 is 1.74 bits per heavy atom. The van der Waals surface area contributed by atoms with Gasteiger partial charge in [0.1, 0.15) is 5.75 Å². The van der Waals surface area contributed by atoms with E-state index in [0.717, 1.165) is 35.7 Å². The van der Waals surface area contributed by atoms with E-state index in [-0.39, 0.29) is 5.54 Å². The largest absolute Gasteiger partial charge is 0.506 e. The smallest absolute Gasteiger partial charge is 0.135 e. The highest BCUT2D eigenvalue weighted by molar-refractivity contribution is 9.10. The maximum absolute atomic E-state index is 10.5. The Morgan fingerprint density at radius 3 is 2.47 bits per heavy atom. The summed E-state index contributed by atoms with van der Waals surface area (Å²) < 4.78 is 0.818. The van der Waals surface area contributed by atoms with E-state index in [1.54, 1.807) is 0 Å². The Bertz CT molecular complexity index is 492. The molecule has 0 radical (unpaired) electrons. The molecule has 0 unspecified atom stereocenters. The summed E-state index contributed by atoms with van der Waals surface area (Å²) in [5.74, 6) is 0.394. The van der Waals surface area contributed by atoms with Gasteiger partial charge < -0.3 is 10.8 Å². The molecule has 0 amide bonds. The first-order valence-electron chi connectivity index (χ1n) is 7.44. The van der Waals surface area contributed by atoms with Crippen molar-refractivity contribution in [3.05, 3.63) is 27.2 Å². The lowest BCUT2D eigenvalue weighted by Gasteiger charge is -2.37. The molecule has 2 nitrogen and oxygen atoms in total. The molecular weight excluding hydrogens is 302 g/mol. The Morgan fingerprint density at radius 1 is 1.05 bits per heavy atom. The van der Waals surface area contributed by atoms with Crippen LogP contribution < -0.4 is 5.73 Å². The SMILES string of the molecule is NC1(c2c(O)c(Br)cc3c2CCCC3)CCCCC1. The fourth-order valence-electron chi connectivity index (χ4n) is 3.83. The summed E-state index contributed by atoms with van der Waals surface area (Å²) in [4.78, 5) is 0. The number of aromatic hydroxyl groups is 1. The predicted octanol–water partition coefficient (Wildman–Crippen LogP) is 4.15. The van der Waals surface area contributed by atoms with Gasteiger partial charge in [-0.3, -0.25) is 0 Å². The fraction of sp³-hybridized carbons (Fsp3) is 0.625. The lowest BCUT2D eigenvalue weighted by molar-refractivity contribution is 0.288. The zero-order chi connectivity index (χ0) is 13.5. The Hall–Kier alpha value is -0.540. The van der Waals surface area contributed by atoms with Gasteiger partial charge in [-0.25, -0.2) is 0 Å². The molecule has 1 aromatic rings. The van der Waals surface area contributed by atoms with Gasteiger partial charge in [0, 0.05) is 11.1 Å². The minimum Gasteiger partial charge on any atom is -0.506 e. The first-order valence-corrected chi connectivity index (χ1v) is 8.24. The molecule has 0 bridgehead atoms. The second kappa shape index (κ2) is 5.10. The van der Waals surface area contributed by atoms with Crippen LogP contribution in [0.2, 0.25) is 0 Å². The summed E-state index contributed by atoms with van der Waals surface area (Å²) in [5.41, 5.74) is 10.2. The number of rotatable bonds is 1. The van der Waals surface area contributed by atoms with Crippen LogP contribution in [0.25, 0.3) is 0 Å². The van der Waals surface area contributed by atoms with Crippen LogP contribution in [0.1, 0.15) is 61.6 Å². The Kier molecular flexibility index (Phi) is 3.61. The fourth-order valence-corrected chi connectivity index (χ4v) is 4.30. The highest BCUT2D eigenvalue weighted by atomic mass is 79.9. The van der Waals surface area contributed by atoms with Crippen LogP contribution in [0.3, 0.4) is 0 Å². The molecule has 1 fully saturated rings. The summed E-state index contributed by atoms with van der Waals surface area (Å²) in [6.07, 6.45) is 10.3. The third kappa shape index (κ3) is 2.31. The molecule has 0 saturated heterocycles. The zero-order valence-corrected chi connectivity index (χ0v) is 12.9. The highest BCUT2D eigenvalue weighted by Crippen LogP contribution is 2.46.